The van der Waals surface area contributed by atoms with Crippen LogP contribution in [-0.2, 0) is 9.53 Å². The third-order valence-electron chi connectivity index (χ3n) is 1.83. The Bertz CT molecular complexity index is 483. The maximum Gasteiger partial charge on any atom is 0.358 e. The Balaban J connectivity index is 2.97. The minimum atomic E-state index is -0.661. The Morgan fingerprint density at radius 3 is 2.61 bits per heavy atom. The van der Waals surface area contributed by atoms with Gasteiger partial charge < -0.3 is 15.8 Å². The molecule has 0 aliphatic rings. The number of hydrogen-bond acceptors (Lipinski definition) is 7. The Labute approximate surface area is 107 Å². The molecule has 0 aromatic carbocycles. The van der Waals surface area contributed by atoms with Crippen LogP contribution >= 0.6 is 11.3 Å². The quantitative estimate of drug-likeness (QED) is 0.573. The number of anilines is 1. The molecule has 0 fully saturated rings. The van der Waals surface area contributed by atoms with Gasteiger partial charge in [-0.2, -0.15) is 0 Å². The molecule has 8 heteroatoms. The summed E-state index contributed by atoms with van der Waals surface area (Å²) in [6.07, 6.45) is 0. The Hall–Kier alpha value is -1.96. The second kappa shape index (κ2) is 6.10. The molecule has 0 spiro atoms. The maximum atomic E-state index is 11.6. The lowest BCUT2D eigenvalue weighted by atomic mass is 10.3. The monoisotopic (exact) mass is 271 g/mol. The molecule has 0 saturated carbocycles. The van der Waals surface area contributed by atoms with E-state index in [0.717, 1.165) is 11.3 Å². The van der Waals surface area contributed by atoms with Crippen LogP contribution in [0.3, 0.4) is 0 Å². The lowest BCUT2D eigenvalue weighted by Crippen LogP contribution is -2.21. The predicted octanol–water partition coefficient (Wildman–Crippen LogP) is 0.420. The zero-order chi connectivity index (χ0) is 13.7. The van der Waals surface area contributed by atoms with Gasteiger partial charge in [-0.3, -0.25) is 9.59 Å². The van der Waals surface area contributed by atoms with E-state index in [1.54, 1.807) is 6.92 Å². The Morgan fingerprint density at radius 1 is 1.44 bits per heavy atom. The van der Waals surface area contributed by atoms with Gasteiger partial charge in [-0.15, -0.1) is 0 Å². The van der Waals surface area contributed by atoms with E-state index in [-0.39, 0.29) is 34.6 Å². The zero-order valence-corrected chi connectivity index (χ0v) is 10.8. The number of ketones is 1. The first-order valence-electron chi connectivity index (χ1n) is 5.16. The van der Waals surface area contributed by atoms with Crippen LogP contribution in [0.2, 0.25) is 0 Å². The second-order valence-corrected chi connectivity index (χ2v) is 4.29. The SMILES string of the molecule is CCOC(=O)c1nc(NCC(N)=O)sc1C(C)=O. The van der Waals surface area contributed by atoms with Crippen LogP contribution in [0.1, 0.15) is 34.0 Å². The molecule has 1 aromatic rings. The maximum absolute atomic E-state index is 11.6. The van der Waals surface area contributed by atoms with Crippen LogP contribution in [0.4, 0.5) is 5.13 Å². The summed E-state index contributed by atoms with van der Waals surface area (Å²) in [6, 6.07) is 0. The van der Waals surface area contributed by atoms with Gasteiger partial charge in [-0.1, -0.05) is 11.3 Å². The highest BCUT2D eigenvalue weighted by atomic mass is 32.1. The molecule has 0 aliphatic heterocycles. The zero-order valence-electron chi connectivity index (χ0n) is 9.98. The van der Waals surface area contributed by atoms with Crippen molar-refractivity contribution in [2.45, 2.75) is 13.8 Å². The molecule has 98 valence electrons. The number of amides is 1. The van der Waals surface area contributed by atoms with Gasteiger partial charge in [-0.25, -0.2) is 9.78 Å². The molecular formula is C10H13N3O4S. The number of rotatable bonds is 6. The van der Waals surface area contributed by atoms with Crippen molar-refractivity contribution in [3.63, 3.8) is 0 Å². The molecule has 3 N–H and O–H groups in total. The summed E-state index contributed by atoms with van der Waals surface area (Å²) in [5.41, 5.74) is 4.93. The van der Waals surface area contributed by atoms with Crippen LogP contribution in [-0.4, -0.2) is 35.8 Å². The Kier molecular flexibility index (Phi) is 4.78. The molecule has 0 aliphatic carbocycles. The van der Waals surface area contributed by atoms with Gasteiger partial charge in [0.1, 0.15) is 4.88 Å². The van der Waals surface area contributed by atoms with Crippen molar-refractivity contribution in [1.29, 1.82) is 0 Å². The highest BCUT2D eigenvalue weighted by Crippen LogP contribution is 2.24. The summed E-state index contributed by atoms with van der Waals surface area (Å²) in [6.45, 7) is 3.06. The van der Waals surface area contributed by atoms with Crippen molar-refractivity contribution in [1.82, 2.24) is 4.98 Å². The van der Waals surface area contributed by atoms with Crippen LogP contribution in [0, 0.1) is 0 Å². The summed E-state index contributed by atoms with van der Waals surface area (Å²) >= 11 is 0.983. The number of esters is 1. The summed E-state index contributed by atoms with van der Waals surface area (Å²) in [5.74, 6) is -1.51. The first-order valence-corrected chi connectivity index (χ1v) is 5.98. The predicted molar refractivity (Wildman–Crippen MR) is 65.8 cm³/mol. The topological polar surface area (TPSA) is 111 Å². The van der Waals surface area contributed by atoms with Crippen molar-refractivity contribution < 1.29 is 19.1 Å². The van der Waals surface area contributed by atoms with E-state index in [4.69, 9.17) is 10.5 Å². The van der Waals surface area contributed by atoms with Crippen molar-refractivity contribution >= 4 is 34.1 Å². The van der Waals surface area contributed by atoms with Crippen LogP contribution in [0.25, 0.3) is 0 Å². The van der Waals surface area contributed by atoms with E-state index in [1.807, 2.05) is 0 Å². The normalized spacial score (nSPS) is 9.89. The summed E-state index contributed by atoms with van der Waals surface area (Å²) in [4.78, 5) is 37.7. The molecule has 1 amide bonds. The first kappa shape index (κ1) is 14.1. The third kappa shape index (κ3) is 3.52. The number of carbonyl (C=O) groups excluding carboxylic acids is 3. The fourth-order valence-electron chi connectivity index (χ4n) is 1.13. The van der Waals surface area contributed by atoms with E-state index < -0.39 is 11.9 Å². The molecule has 0 saturated heterocycles. The molecule has 1 aromatic heterocycles. The number of thiazole rings is 1. The largest absolute Gasteiger partial charge is 0.461 e. The number of primary amides is 1. The molecule has 18 heavy (non-hydrogen) atoms. The van der Waals surface area contributed by atoms with E-state index in [0.29, 0.717) is 0 Å². The molecule has 0 bridgehead atoms. The van der Waals surface area contributed by atoms with Crippen LogP contribution < -0.4 is 11.1 Å². The van der Waals surface area contributed by atoms with E-state index >= 15 is 0 Å². The molecule has 1 heterocycles. The lowest BCUT2D eigenvalue weighted by molar-refractivity contribution is -0.116. The first-order chi connectivity index (χ1) is 8.45. The number of nitrogens with zero attached hydrogens (tertiary/aromatic N) is 1. The fourth-order valence-corrected chi connectivity index (χ4v) is 1.98. The number of nitrogens with one attached hydrogen (secondary N) is 1. The van der Waals surface area contributed by atoms with Gasteiger partial charge >= 0.3 is 5.97 Å². The number of aromatic nitrogens is 1. The molecular weight excluding hydrogens is 258 g/mol. The van der Waals surface area contributed by atoms with Gasteiger partial charge in [0.2, 0.25) is 5.91 Å². The summed E-state index contributed by atoms with van der Waals surface area (Å²) in [7, 11) is 0. The lowest BCUT2D eigenvalue weighted by Gasteiger charge is -1.99. The Morgan fingerprint density at radius 2 is 2.11 bits per heavy atom. The minimum absolute atomic E-state index is 0.0404. The van der Waals surface area contributed by atoms with Crippen molar-refractivity contribution in [2.75, 3.05) is 18.5 Å². The summed E-state index contributed by atoms with van der Waals surface area (Å²) < 4.78 is 4.79. The number of hydrogen-bond donors (Lipinski definition) is 2. The van der Waals surface area contributed by atoms with Crippen LogP contribution in [0.5, 0.6) is 0 Å². The van der Waals surface area contributed by atoms with Gasteiger partial charge in [0.25, 0.3) is 0 Å². The number of ether oxygens (including phenoxy) is 1. The van der Waals surface area contributed by atoms with E-state index in [2.05, 4.69) is 10.3 Å². The van der Waals surface area contributed by atoms with Crippen LogP contribution in [0.15, 0.2) is 0 Å². The average molecular weight is 271 g/mol. The van der Waals surface area contributed by atoms with Gasteiger partial charge in [0.15, 0.2) is 16.6 Å². The fraction of sp³-hybridized carbons (Fsp3) is 0.400. The second-order valence-electron chi connectivity index (χ2n) is 3.29. The molecule has 0 atom stereocenters. The van der Waals surface area contributed by atoms with Crippen molar-refractivity contribution in [3.8, 4) is 0 Å². The number of Topliss-reactive ketones (excluding diaryl/α,β-unsaturated/α-hetero) is 1. The van der Waals surface area contributed by atoms with Gasteiger partial charge in [0, 0.05) is 6.92 Å². The number of nitrogens with two attached hydrogens (primary N) is 1. The van der Waals surface area contributed by atoms with Crippen molar-refractivity contribution in [2.24, 2.45) is 5.73 Å². The van der Waals surface area contributed by atoms with Gasteiger partial charge in [-0.05, 0) is 6.92 Å². The van der Waals surface area contributed by atoms with E-state index in [9.17, 15) is 14.4 Å². The molecule has 7 nitrogen and oxygen atoms in total. The van der Waals surface area contributed by atoms with E-state index in [1.165, 1.54) is 6.92 Å². The molecule has 0 unspecified atom stereocenters. The minimum Gasteiger partial charge on any atom is -0.461 e. The average Bonchev–Trinajstić information content (AvgIpc) is 2.71. The smallest absolute Gasteiger partial charge is 0.358 e. The standard InChI is InChI=1S/C10H13N3O4S/c1-3-17-9(16)7-8(5(2)14)18-10(13-7)12-4-6(11)15/h3-4H2,1-2H3,(H2,11,15)(H,12,13). The highest BCUT2D eigenvalue weighted by molar-refractivity contribution is 7.17. The van der Waals surface area contributed by atoms with Gasteiger partial charge in [0.05, 0.1) is 13.2 Å². The third-order valence-corrected chi connectivity index (χ3v) is 2.94. The summed E-state index contributed by atoms with van der Waals surface area (Å²) in [5, 5.41) is 2.91. The number of carbonyl (C=O) groups is 3. The highest BCUT2D eigenvalue weighted by Gasteiger charge is 2.22. The molecule has 0 radical (unpaired) electrons. The molecule has 1 rings (SSSR count). The van der Waals surface area contributed by atoms with Crippen molar-refractivity contribution in [3.05, 3.63) is 10.6 Å².